The zero-order valence-electron chi connectivity index (χ0n) is 21.1. The van der Waals surface area contributed by atoms with Crippen molar-refractivity contribution in [2.24, 2.45) is 17.8 Å². The van der Waals surface area contributed by atoms with Gasteiger partial charge in [-0.25, -0.2) is 9.80 Å². The Kier molecular flexibility index (Phi) is 7.89. The Hall–Kier alpha value is -3.79. The summed E-state index contributed by atoms with van der Waals surface area (Å²) in [4.78, 5) is 66.7. The number of carbonyl (C=O) groups is 5. The summed E-state index contributed by atoms with van der Waals surface area (Å²) >= 11 is 13.5. The molecule has 1 aliphatic carbocycles. The quantitative estimate of drug-likeness (QED) is 0.114. The van der Waals surface area contributed by atoms with Crippen LogP contribution >= 0.6 is 34.5 Å². The van der Waals surface area contributed by atoms with Crippen LogP contribution in [0.5, 0.6) is 5.75 Å². The summed E-state index contributed by atoms with van der Waals surface area (Å²) in [5.74, 6) is -4.21. The summed E-state index contributed by atoms with van der Waals surface area (Å²) in [6.07, 6.45) is 4.08. The maximum Gasteiger partial charge on any atom is 0.353 e. The minimum atomic E-state index is -0.794. The van der Waals surface area contributed by atoms with Crippen LogP contribution in [0.1, 0.15) is 43.7 Å². The van der Waals surface area contributed by atoms with Crippen molar-refractivity contribution in [3.63, 3.8) is 0 Å². The molecule has 1 fully saturated rings. The molecule has 11 heteroatoms. The summed E-state index contributed by atoms with van der Waals surface area (Å²) in [6.45, 7) is 1.23. The number of hydrogen-bond donors (Lipinski definition) is 0. The van der Waals surface area contributed by atoms with E-state index in [4.69, 9.17) is 27.9 Å². The molecule has 8 nitrogen and oxygen atoms in total. The van der Waals surface area contributed by atoms with Crippen LogP contribution in [0.4, 0.5) is 0 Å². The Morgan fingerprint density at radius 3 is 2.45 bits per heavy atom. The lowest BCUT2D eigenvalue weighted by atomic mass is 9.78. The first-order chi connectivity index (χ1) is 19.2. The fourth-order valence-corrected chi connectivity index (χ4v) is 5.98. The number of imide groups is 1. The largest absolute Gasteiger partial charge is 0.422 e. The van der Waals surface area contributed by atoms with Crippen molar-refractivity contribution in [1.29, 1.82) is 0 Å². The lowest BCUT2D eigenvalue weighted by Crippen LogP contribution is -2.52. The third-order valence-electron chi connectivity index (χ3n) is 6.89. The van der Waals surface area contributed by atoms with Gasteiger partial charge in [0.25, 0.3) is 17.7 Å². The van der Waals surface area contributed by atoms with Crippen molar-refractivity contribution < 1.29 is 28.7 Å². The average Bonchev–Trinajstić information content (AvgIpc) is 3.55. The summed E-state index contributed by atoms with van der Waals surface area (Å²) in [7, 11) is 0. The molecule has 1 aromatic heterocycles. The molecule has 2 aromatic carbocycles. The first-order valence-electron chi connectivity index (χ1n) is 12.4. The first kappa shape index (κ1) is 27.8. The molecule has 0 N–H and O–H groups in total. The Labute approximate surface area is 243 Å². The van der Waals surface area contributed by atoms with Crippen LogP contribution in [0.2, 0.25) is 10.0 Å². The number of ketones is 1. The number of fused-ring (bicyclic) bond motifs is 1. The van der Waals surface area contributed by atoms with Gasteiger partial charge in [0.15, 0.2) is 5.78 Å². The number of halogens is 2. The maximum atomic E-state index is 13.7. The minimum Gasteiger partial charge on any atom is -0.422 e. The number of hydrogen-bond acceptors (Lipinski definition) is 7. The predicted octanol–water partition coefficient (Wildman–Crippen LogP) is 5.71. The molecule has 1 saturated heterocycles. The van der Waals surface area contributed by atoms with Gasteiger partial charge in [-0.15, -0.1) is 11.3 Å². The van der Waals surface area contributed by atoms with Gasteiger partial charge >= 0.3 is 5.97 Å². The second kappa shape index (κ2) is 11.4. The molecule has 0 unspecified atom stereocenters. The van der Waals surface area contributed by atoms with E-state index in [9.17, 15) is 24.0 Å². The fourth-order valence-electron chi connectivity index (χ4n) is 4.89. The zero-order chi connectivity index (χ0) is 28.6. The molecule has 2 heterocycles. The second-order valence-electron chi connectivity index (χ2n) is 9.44. The van der Waals surface area contributed by atoms with Gasteiger partial charge in [-0.3, -0.25) is 19.2 Å². The number of rotatable bonds is 7. The molecule has 5 rings (SSSR count). The van der Waals surface area contributed by atoms with Crippen molar-refractivity contribution in [3.8, 4) is 5.75 Å². The van der Waals surface area contributed by atoms with Crippen molar-refractivity contribution in [2.75, 3.05) is 6.54 Å². The number of amides is 3. The van der Waals surface area contributed by atoms with E-state index in [1.165, 1.54) is 53.8 Å². The molecule has 1 aliphatic heterocycles. The highest BCUT2D eigenvalue weighted by Gasteiger charge is 2.53. The van der Waals surface area contributed by atoms with E-state index >= 15 is 0 Å². The van der Waals surface area contributed by atoms with Gasteiger partial charge in [0.05, 0.1) is 22.4 Å². The van der Waals surface area contributed by atoms with E-state index in [-0.39, 0.29) is 27.8 Å². The molecule has 3 aromatic rings. The van der Waals surface area contributed by atoms with E-state index in [1.54, 1.807) is 17.5 Å². The summed E-state index contributed by atoms with van der Waals surface area (Å²) < 4.78 is 5.33. The fraction of sp³-hybridized carbons (Fsp3) is 0.207. The van der Waals surface area contributed by atoms with E-state index in [0.717, 1.165) is 10.0 Å². The van der Waals surface area contributed by atoms with Gasteiger partial charge in [-0.2, -0.15) is 5.01 Å². The van der Waals surface area contributed by atoms with Gasteiger partial charge in [-0.05, 0) is 66.2 Å². The number of hydrazine groups is 1. The molecule has 0 bridgehead atoms. The molecule has 0 radical (unpaired) electrons. The lowest BCUT2D eigenvalue weighted by molar-refractivity contribution is -0.154. The molecule has 3 amide bonds. The number of Topliss-reactive ketones (excluding diaryl/α,β-unsaturated/α-hetero) is 1. The molecular weight excluding hydrogens is 575 g/mol. The van der Waals surface area contributed by atoms with Gasteiger partial charge in [-0.1, -0.05) is 48.3 Å². The van der Waals surface area contributed by atoms with Crippen molar-refractivity contribution in [1.82, 2.24) is 10.0 Å². The number of nitrogens with zero attached hydrogens (tertiary/aromatic N) is 2. The summed E-state index contributed by atoms with van der Waals surface area (Å²) in [6, 6.07) is 13.4. The highest BCUT2D eigenvalue weighted by atomic mass is 35.5. The molecule has 2 aliphatic rings. The van der Waals surface area contributed by atoms with Crippen molar-refractivity contribution in [3.05, 3.63) is 98.2 Å². The van der Waals surface area contributed by atoms with Gasteiger partial charge < -0.3 is 4.74 Å². The first-order valence-corrected chi connectivity index (χ1v) is 14.0. The van der Waals surface area contributed by atoms with Crippen LogP contribution in [-0.4, -0.2) is 46.0 Å². The topological polar surface area (TPSA) is 101 Å². The standard InChI is InChI=1S/C29H22Cl2N2O6S/c1-16-4-2-5-21-25(16)28(37)33(27(21)36)32(26(35)20-12-9-18(30)14-22(20)31)15-23(34)17-7-10-19(11-8-17)39-29(38)24-6-3-13-40-24/h2-4,6-14,16,21,25H,5,15H2,1H3/t16-,21+,25-/m1/s1. The third-order valence-corrected chi connectivity index (χ3v) is 8.29. The predicted molar refractivity (Wildman–Crippen MR) is 149 cm³/mol. The number of benzene rings is 2. The van der Waals surface area contributed by atoms with E-state index in [0.29, 0.717) is 16.3 Å². The molecule has 204 valence electrons. The lowest BCUT2D eigenvalue weighted by Gasteiger charge is -2.30. The SMILES string of the molecule is C[C@@H]1C=CC[C@@H]2C(=O)N(N(CC(=O)c3ccc(OC(=O)c4cccs4)cc3)C(=O)c3ccc(Cl)cc3Cl)C(=O)[C@H]12. The van der Waals surface area contributed by atoms with E-state index in [1.807, 2.05) is 19.1 Å². The Balaban J connectivity index is 1.42. The zero-order valence-corrected chi connectivity index (χ0v) is 23.4. The van der Waals surface area contributed by atoms with Crippen LogP contribution in [0, 0.1) is 17.8 Å². The highest BCUT2D eigenvalue weighted by Crippen LogP contribution is 2.39. The monoisotopic (exact) mass is 596 g/mol. The van der Waals surface area contributed by atoms with Crippen LogP contribution < -0.4 is 4.74 Å². The Morgan fingerprint density at radius 2 is 1.80 bits per heavy atom. The normalized spacial score (nSPS) is 19.9. The number of carbonyl (C=O) groups excluding carboxylic acids is 5. The van der Waals surface area contributed by atoms with Gasteiger partial charge in [0.1, 0.15) is 17.2 Å². The van der Waals surface area contributed by atoms with Gasteiger partial charge in [0, 0.05) is 10.6 Å². The number of ether oxygens (including phenoxy) is 1. The number of esters is 1. The molecule has 0 saturated carbocycles. The number of thiophene rings is 1. The molecule has 3 atom stereocenters. The summed E-state index contributed by atoms with van der Waals surface area (Å²) in [5, 5.41) is 3.71. The molecular formula is C29H22Cl2N2O6S. The van der Waals surface area contributed by atoms with Crippen molar-refractivity contribution >= 4 is 64.0 Å². The maximum absolute atomic E-state index is 13.7. The Bertz CT molecular complexity index is 1540. The van der Waals surface area contributed by atoms with Crippen LogP contribution in [0.3, 0.4) is 0 Å². The summed E-state index contributed by atoms with van der Waals surface area (Å²) in [5.41, 5.74) is 0.166. The van der Waals surface area contributed by atoms with Gasteiger partial charge in [0.2, 0.25) is 0 Å². The highest BCUT2D eigenvalue weighted by molar-refractivity contribution is 7.12. The second-order valence-corrected chi connectivity index (χ2v) is 11.2. The van der Waals surface area contributed by atoms with Crippen molar-refractivity contribution in [2.45, 2.75) is 13.3 Å². The Morgan fingerprint density at radius 1 is 1.05 bits per heavy atom. The molecule has 40 heavy (non-hydrogen) atoms. The average molecular weight is 597 g/mol. The number of allylic oxidation sites excluding steroid dienone is 2. The third kappa shape index (κ3) is 5.32. The molecule has 0 spiro atoms. The smallest absolute Gasteiger partial charge is 0.353 e. The van der Waals surface area contributed by atoms with E-state index in [2.05, 4.69) is 0 Å². The van der Waals surface area contributed by atoms with Crippen LogP contribution in [0.25, 0.3) is 0 Å². The minimum absolute atomic E-state index is 0.0124. The van der Waals surface area contributed by atoms with E-state index < -0.39 is 47.9 Å². The van der Waals surface area contributed by atoms with Crippen LogP contribution in [-0.2, 0) is 9.59 Å². The van der Waals surface area contributed by atoms with Crippen LogP contribution in [0.15, 0.2) is 72.1 Å².